The van der Waals surface area contributed by atoms with Gasteiger partial charge in [0.05, 0.1) is 0 Å². The van der Waals surface area contributed by atoms with Crippen molar-refractivity contribution in [3.8, 4) is 0 Å². The third kappa shape index (κ3) is 3.56. The first kappa shape index (κ1) is 13.1. The van der Waals surface area contributed by atoms with Crippen molar-refractivity contribution in [2.24, 2.45) is 11.7 Å². The van der Waals surface area contributed by atoms with Crippen molar-refractivity contribution in [1.82, 2.24) is 5.32 Å². The molecule has 98 valence electrons. The second-order valence-corrected chi connectivity index (χ2v) is 6.12. The van der Waals surface area contributed by atoms with Crippen LogP contribution in [0.4, 0.5) is 0 Å². The van der Waals surface area contributed by atoms with Gasteiger partial charge in [-0.2, -0.15) is 0 Å². The molecule has 0 radical (unpaired) electrons. The molecule has 3 N–H and O–H groups in total. The number of nitrogens with two attached hydrogens (primary N) is 1. The fourth-order valence-corrected chi connectivity index (χ4v) is 3.53. The predicted molar refractivity (Wildman–Crippen MR) is 74.0 cm³/mol. The van der Waals surface area contributed by atoms with E-state index in [9.17, 15) is 0 Å². The lowest BCUT2D eigenvalue weighted by Crippen LogP contribution is -2.54. The first-order chi connectivity index (χ1) is 8.24. The Morgan fingerprint density at radius 3 is 3.00 bits per heavy atom. The van der Waals surface area contributed by atoms with Gasteiger partial charge in [0.15, 0.2) is 0 Å². The highest BCUT2D eigenvalue weighted by atomic mass is 15.0. The fourth-order valence-electron chi connectivity index (χ4n) is 3.53. The molecule has 2 heteroatoms. The van der Waals surface area contributed by atoms with Gasteiger partial charge in [-0.3, -0.25) is 0 Å². The van der Waals surface area contributed by atoms with Gasteiger partial charge in [-0.05, 0) is 51.0 Å². The van der Waals surface area contributed by atoms with Crippen LogP contribution in [-0.2, 0) is 0 Å². The molecule has 17 heavy (non-hydrogen) atoms. The Morgan fingerprint density at radius 1 is 1.47 bits per heavy atom. The van der Waals surface area contributed by atoms with Gasteiger partial charge in [-0.1, -0.05) is 31.4 Å². The molecule has 2 unspecified atom stereocenters. The van der Waals surface area contributed by atoms with Crippen LogP contribution in [0.2, 0.25) is 0 Å². The molecule has 1 saturated carbocycles. The molecule has 2 atom stereocenters. The maximum absolute atomic E-state index is 6.02. The highest BCUT2D eigenvalue weighted by molar-refractivity contribution is 5.08. The Balaban J connectivity index is 1.78. The standard InChI is InChI=1S/C15H28N2/c1-13-5-4-9-15(11-13,12-16)17-10-8-14-6-2-3-7-14/h6,13,17H,2-5,7-12,16H2,1H3. The van der Waals surface area contributed by atoms with Crippen LogP contribution >= 0.6 is 0 Å². The lowest BCUT2D eigenvalue weighted by atomic mass is 9.76. The number of nitrogens with one attached hydrogen (secondary N) is 1. The molecular weight excluding hydrogens is 208 g/mol. The summed E-state index contributed by atoms with van der Waals surface area (Å²) in [5, 5.41) is 3.78. The van der Waals surface area contributed by atoms with Gasteiger partial charge >= 0.3 is 0 Å². The van der Waals surface area contributed by atoms with E-state index < -0.39 is 0 Å². The molecule has 0 aromatic heterocycles. The van der Waals surface area contributed by atoms with Crippen molar-refractivity contribution in [3.05, 3.63) is 11.6 Å². The molecule has 0 bridgehead atoms. The summed E-state index contributed by atoms with van der Waals surface area (Å²) in [5.41, 5.74) is 7.93. The summed E-state index contributed by atoms with van der Waals surface area (Å²) < 4.78 is 0. The Hall–Kier alpha value is -0.340. The summed E-state index contributed by atoms with van der Waals surface area (Å²) in [7, 11) is 0. The van der Waals surface area contributed by atoms with Gasteiger partial charge in [-0.15, -0.1) is 0 Å². The van der Waals surface area contributed by atoms with Crippen LogP contribution in [0, 0.1) is 5.92 Å². The molecule has 0 heterocycles. The van der Waals surface area contributed by atoms with Gasteiger partial charge in [-0.25, -0.2) is 0 Å². The number of allylic oxidation sites excluding steroid dienone is 1. The van der Waals surface area contributed by atoms with Gasteiger partial charge in [0.25, 0.3) is 0 Å². The molecule has 2 rings (SSSR count). The maximum atomic E-state index is 6.02. The highest BCUT2D eigenvalue weighted by Gasteiger charge is 2.32. The molecule has 0 aromatic rings. The normalized spacial score (nSPS) is 33.8. The number of hydrogen-bond donors (Lipinski definition) is 2. The molecule has 0 spiro atoms. The zero-order valence-corrected chi connectivity index (χ0v) is 11.3. The lowest BCUT2D eigenvalue weighted by molar-refractivity contribution is 0.194. The van der Waals surface area contributed by atoms with E-state index in [1.54, 1.807) is 5.57 Å². The minimum absolute atomic E-state index is 0.247. The van der Waals surface area contributed by atoms with Crippen LogP contribution in [0.25, 0.3) is 0 Å². The van der Waals surface area contributed by atoms with Crippen LogP contribution in [0.1, 0.15) is 58.3 Å². The van der Waals surface area contributed by atoms with E-state index in [4.69, 9.17) is 5.73 Å². The van der Waals surface area contributed by atoms with E-state index in [-0.39, 0.29) is 5.54 Å². The lowest BCUT2D eigenvalue weighted by Gasteiger charge is -2.40. The van der Waals surface area contributed by atoms with E-state index >= 15 is 0 Å². The smallest absolute Gasteiger partial charge is 0.0306 e. The summed E-state index contributed by atoms with van der Waals surface area (Å²) in [6.07, 6.45) is 12.9. The van der Waals surface area contributed by atoms with Crippen LogP contribution in [0.5, 0.6) is 0 Å². The van der Waals surface area contributed by atoms with Crippen LogP contribution in [0.3, 0.4) is 0 Å². The average Bonchev–Trinajstić information content (AvgIpc) is 2.82. The molecule has 0 aromatic carbocycles. The average molecular weight is 236 g/mol. The molecule has 2 aliphatic rings. The summed E-state index contributed by atoms with van der Waals surface area (Å²) in [6.45, 7) is 4.29. The van der Waals surface area contributed by atoms with Crippen molar-refractivity contribution in [2.75, 3.05) is 13.1 Å². The monoisotopic (exact) mass is 236 g/mol. The maximum Gasteiger partial charge on any atom is 0.0306 e. The third-order valence-corrected chi connectivity index (χ3v) is 4.56. The van der Waals surface area contributed by atoms with Crippen molar-refractivity contribution in [1.29, 1.82) is 0 Å². The largest absolute Gasteiger partial charge is 0.329 e. The van der Waals surface area contributed by atoms with Crippen LogP contribution in [-0.4, -0.2) is 18.6 Å². The molecule has 1 fully saturated rings. The summed E-state index contributed by atoms with van der Waals surface area (Å²) in [4.78, 5) is 0. The quantitative estimate of drug-likeness (QED) is 0.720. The topological polar surface area (TPSA) is 38.0 Å². The Bertz CT molecular complexity index is 272. The molecule has 2 aliphatic carbocycles. The Kier molecular flexibility index (Phi) is 4.63. The third-order valence-electron chi connectivity index (χ3n) is 4.56. The molecular formula is C15H28N2. The molecule has 0 amide bonds. The predicted octanol–water partition coefficient (Wildman–Crippen LogP) is 2.98. The zero-order chi connectivity index (χ0) is 12.1. The van der Waals surface area contributed by atoms with Gasteiger partial charge in [0, 0.05) is 12.1 Å². The molecule has 0 aliphatic heterocycles. The summed E-state index contributed by atoms with van der Waals surface area (Å²) in [5.74, 6) is 0.838. The Labute approximate surface area is 106 Å². The van der Waals surface area contributed by atoms with Gasteiger partial charge < -0.3 is 11.1 Å². The highest BCUT2D eigenvalue weighted by Crippen LogP contribution is 2.31. The minimum Gasteiger partial charge on any atom is -0.329 e. The van der Waals surface area contributed by atoms with Crippen LogP contribution < -0.4 is 11.1 Å². The van der Waals surface area contributed by atoms with E-state index in [0.29, 0.717) is 0 Å². The second-order valence-electron chi connectivity index (χ2n) is 6.12. The zero-order valence-electron chi connectivity index (χ0n) is 11.3. The van der Waals surface area contributed by atoms with E-state index in [2.05, 4.69) is 18.3 Å². The minimum atomic E-state index is 0.247. The van der Waals surface area contributed by atoms with Crippen molar-refractivity contribution in [3.63, 3.8) is 0 Å². The van der Waals surface area contributed by atoms with Crippen LogP contribution in [0.15, 0.2) is 11.6 Å². The summed E-state index contributed by atoms with van der Waals surface area (Å²) in [6, 6.07) is 0. The Morgan fingerprint density at radius 2 is 2.35 bits per heavy atom. The molecule has 2 nitrogen and oxygen atoms in total. The fraction of sp³-hybridized carbons (Fsp3) is 0.867. The number of hydrogen-bond acceptors (Lipinski definition) is 2. The van der Waals surface area contributed by atoms with Crippen molar-refractivity contribution in [2.45, 2.75) is 63.8 Å². The van der Waals surface area contributed by atoms with Gasteiger partial charge in [0.2, 0.25) is 0 Å². The van der Waals surface area contributed by atoms with Gasteiger partial charge in [0.1, 0.15) is 0 Å². The SMILES string of the molecule is CC1CCCC(CN)(NCCC2=CCCC2)C1. The molecule has 0 saturated heterocycles. The van der Waals surface area contributed by atoms with E-state index in [1.165, 1.54) is 51.4 Å². The van der Waals surface area contributed by atoms with E-state index in [1.807, 2.05) is 0 Å². The summed E-state index contributed by atoms with van der Waals surface area (Å²) >= 11 is 0. The second kappa shape index (κ2) is 6.01. The number of rotatable bonds is 5. The van der Waals surface area contributed by atoms with Crippen molar-refractivity contribution < 1.29 is 0 Å². The first-order valence-electron chi connectivity index (χ1n) is 7.37. The van der Waals surface area contributed by atoms with Crippen molar-refractivity contribution >= 4 is 0 Å². The first-order valence-corrected chi connectivity index (χ1v) is 7.37. The van der Waals surface area contributed by atoms with E-state index in [0.717, 1.165) is 19.0 Å².